The maximum absolute atomic E-state index is 12.0. The molecule has 0 radical (unpaired) electrons. The van der Waals surface area contributed by atoms with Crippen LogP contribution in [-0.2, 0) is 17.9 Å². The average molecular weight is 422 g/mol. The molecule has 1 fully saturated rings. The molecule has 6 heteroatoms. The molecule has 0 aromatic heterocycles. The van der Waals surface area contributed by atoms with Crippen molar-refractivity contribution in [3.8, 4) is 0 Å². The molecule has 3 rings (SSSR count). The van der Waals surface area contributed by atoms with Crippen LogP contribution in [-0.4, -0.2) is 50.0 Å². The molecule has 0 unspecified atom stereocenters. The number of nitrogens with one attached hydrogen (secondary N) is 2. The Kier molecular flexibility index (Phi) is 8.76. The molecule has 1 saturated heterocycles. The number of benzene rings is 2. The number of hydrogen-bond donors (Lipinski definition) is 2. The van der Waals surface area contributed by atoms with Gasteiger partial charge < -0.3 is 20.4 Å². The number of para-hydroxylation sites is 1. The summed E-state index contributed by atoms with van der Waals surface area (Å²) in [4.78, 5) is 20.7. The zero-order valence-electron chi connectivity index (χ0n) is 18.8. The standard InChI is InChI=1S/C25H35N5O/c1-3-29(23-13-5-4-6-14-23)18-10-16-27-25(26-2)28-19-21-11-7-8-12-22(21)20-30-17-9-15-24(30)31/h4-8,11-14H,3,9-10,15-20H2,1-2H3,(H2,26,27,28). The molecule has 2 aromatic rings. The van der Waals surface area contributed by atoms with Gasteiger partial charge >= 0.3 is 0 Å². The molecule has 1 aliphatic heterocycles. The van der Waals surface area contributed by atoms with Crippen molar-refractivity contribution >= 4 is 17.6 Å². The lowest BCUT2D eigenvalue weighted by Crippen LogP contribution is -2.38. The Labute approximate surface area is 186 Å². The number of hydrogen-bond acceptors (Lipinski definition) is 3. The number of likely N-dealkylation sites (tertiary alicyclic amines) is 1. The zero-order valence-corrected chi connectivity index (χ0v) is 18.8. The summed E-state index contributed by atoms with van der Waals surface area (Å²) in [6.45, 7) is 7.27. The van der Waals surface area contributed by atoms with Gasteiger partial charge in [0.2, 0.25) is 5.91 Å². The van der Waals surface area contributed by atoms with Crippen LogP contribution in [0.3, 0.4) is 0 Å². The second-order valence-corrected chi connectivity index (χ2v) is 7.81. The minimum absolute atomic E-state index is 0.261. The summed E-state index contributed by atoms with van der Waals surface area (Å²) in [5.74, 6) is 1.06. The predicted octanol–water partition coefficient (Wildman–Crippen LogP) is 3.39. The fraction of sp³-hybridized carbons (Fsp3) is 0.440. The summed E-state index contributed by atoms with van der Waals surface area (Å²) in [5.41, 5.74) is 3.66. The van der Waals surface area contributed by atoms with Gasteiger partial charge in [-0.25, -0.2) is 0 Å². The second kappa shape index (κ2) is 12.0. The van der Waals surface area contributed by atoms with Crippen molar-refractivity contribution < 1.29 is 4.79 Å². The molecule has 1 aliphatic rings. The summed E-state index contributed by atoms with van der Waals surface area (Å²) < 4.78 is 0. The van der Waals surface area contributed by atoms with E-state index in [1.54, 1.807) is 7.05 Å². The predicted molar refractivity (Wildman–Crippen MR) is 128 cm³/mol. The molecule has 6 nitrogen and oxygen atoms in total. The molecule has 0 spiro atoms. The minimum Gasteiger partial charge on any atom is -0.372 e. The highest BCUT2D eigenvalue weighted by Crippen LogP contribution is 2.17. The molecule has 0 atom stereocenters. The number of anilines is 1. The maximum Gasteiger partial charge on any atom is 0.222 e. The van der Waals surface area contributed by atoms with Gasteiger partial charge in [-0.05, 0) is 43.0 Å². The van der Waals surface area contributed by atoms with Crippen molar-refractivity contribution in [2.24, 2.45) is 4.99 Å². The number of aliphatic imine (C=N–C) groups is 1. The van der Waals surface area contributed by atoms with Gasteiger partial charge in [-0.3, -0.25) is 9.79 Å². The van der Waals surface area contributed by atoms with E-state index in [-0.39, 0.29) is 5.91 Å². The van der Waals surface area contributed by atoms with Gasteiger partial charge in [0.25, 0.3) is 0 Å². The number of amides is 1. The van der Waals surface area contributed by atoms with Crippen molar-refractivity contribution in [1.29, 1.82) is 0 Å². The van der Waals surface area contributed by atoms with E-state index in [0.717, 1.165) is 45.0 Å². The smallest absolute Gasteiger partial charge is 0.222 e. The molecule has 31 heavy (non-hydrogen) atoms. The van der Waals surface area contributed by atoms with Crippen molar-refractivity contribution in [3.63, 3.8) is 0 Å². The molecular formula is C25H35N5O. The van der Waals surface area contributed by atoms with Crippen LogP contribution in [0.15, 0.2) is 59.6 Å². The van der Waals surface area contributed by atoms with E-state index in [4.69, 9.17) is 0 Å². The van der Waals surface area contributed by atoms with E-state index in [2.05, 4.69) is 69.9 Å². The Balaban J connectivity index is 1.45. The van der Waals surface area contributed by atoms with Crippen LogP contribution in [0.25, 0.3) is 0 Å². The number of guanidine groups is 1. The Morgan fingerprint density at radius 2 is 1.81 bits per heavy atom. The van der Waals surface area contributed by atoms with Gasteiger partial charge in [0.05, 0.1) is 0 Å². The first-order chi connectivity index (χ1) is 15.2. The second-order valence-electron chi connectivity index (χ2n) is 7.81. The molecule has 0 aliphatic carbocycles. The molecule has 2 aromatic carbocycles. The summed E-state index contributed by atoms with van der Waals surface area (Å²) in [6, 6.07) is 18.9. The van der Waals surface area contributed by atoms with Gasteiger partial charge in [0.1, 0.15) is 0 Å². The van der Waals surface area contributed by atoms with Crippen LogP contribution < -0.4 is 15.5 Å². The van der Waals surface area contributed by atoms with Gasteiger partial charge in [-0.15, -0.1) is 0 Å². The monoisotopic (exact) mass is 421 g/mol. The zero-order chi connectivity index (χ0) is 21.9. The Morgan fingerprint density at radius 3 is 2.48 bits per heavy atom. The first kappa shape index (κ1) is 22.7. The minimum atomic E-state index is 0.261. The lowest BCUT2D eigenvalue weighted by molar-refractivity contribution is -0.128. The molecule has 166 valence electrons. The topological polar surface area (TPSA) is 60.0 Å². The van der Waals surface area contributed by atoms with Crippen molar-refractivity contribution in [2.75, 3.05) is 38.1 Å². The van der Waals surface area contributed by atoms with Crippen LogP contribution >= 0.6 is 0 Å². The number of carbonyl (C=O) groups is 1. The maximum atomic E-state index is 12.0. The van der Waals surface area contributed by atoms with E-state index < -0.39 is 0 Å². The molecule has 1 amide bonds. The average Bonchev–Trinajstić information content (AvgIpc) is 3.21. The molecule has 2 N–H and O–H groups in total. The van der Waals surface area contributed by atoms with E-state index in [9.17, 15) is 4.79 Å². The van der Waals surface area contributed by atoms with Crippen molar-refractivity contribution in [1.82, 2.24) is 15.5 Å². The van der Waals surface area contributed by atoms with Crippen LogP contribution in [0.2, 0.25) is 0 Å². The highest BCUT2D eigenvalue weighted by molar-refractivity contribution is 5.79. The van der Waals surface area contributed by atoms with E-state index in [1.165, 1.54) is 16.8 Å². The fourth-order valence-electron chi connectivity index (χ4n) is 3.95. The van der Waals surface area contributed by atoms with Crippen LogP contribution in [0.4, 0.5) is 5.69 Å². The van der Waals surface area contributed by atoms with Crippen molar-refractivity contribution in [3.05, 3.63) is 65.7 Å². The third-order valence-corrected chi connectivity index (χ3v) is 5.72. The van der Waals surface area contributed by atoms with E-state index in [1.807, 2.05) is 17.0 Å². The SMILES string of the molecule is CCN(CCCNC(=NC)NCc1ccccc1CN1CCCC1=O)c1ccccc1. The van der Waals surface area contributed by atoms with Crippen LogP contribution in [0.1, 0.15) is 37.3 Å². The molecule has 0 saturated carbocycles. The van der Waals surface area contributed by atoms with Gasteiger partial charge in [-0.1, -0.05) is 42.5 Å². The Hall–Kier alpha value is -3.02. The molecule has 1 heterocycles. The quantitative estimate of drug-likeness (QED) is 0.351. The number of carbonyl (C=O) groups excluding carboxylic acids is 1. The van der Waals surface area contributed by atoms with Crippen molar-refractivity contribution in [2.45, 2.75) is 39.3 Å². The normalized spacial score (nSPS) is 14.1. The summed E-state index contributed by atoms with van der Waals surface area (Å²) in [6.07, 6.45) is 2.67. The highest BCUT2D eigenvalue weighted by Gasteiger charge is 2.20. The number of rotatable bonds is 10. The Morgan fingerprint density at radius 1 is 1.06 bits per heavy atom. The third kappa shape index (κ3) is 6.74. The van der Waals surface area contributed by atoms with Crippen LogP contribution in [0, 0.1) is 0 Å². The van der Waals surface area contributed by atoms with Gasteiger partial charge in [-0.2, -0.15) is 0 Å². The Bertz CT molecular complexity index is 852. The lowest BCUT2D eigenvalue weighted by atomic mass is 10.1. The first-order valence-electron chi connectivity index (χ1n) is 11.3. The van der Waals surface area contributed by atoms with Gasteiger partial charge in [0, 0.05) is 58.4 Å². The summed E-state index contributed by atoms with van der Waals surface area (Å²) in [7, 11) is 1.80. The first-order valence-corrected chi connectivity index (χ1v) is 11.3. The molecule has 0 bridgehead atoms. The highest BCUT2D eigenvalue weighted by atomic mass is 16.2. The van der Waals surface area contributed by atoms with E-state index >= 15 is 0 Å². The summed E-state index contributed by atoms with van der Waals surface area (Å²) in [5, 5.41) is 6.84. The largest absolute Gasteiger partial charge is 0.372 e. The third-order valence-electron chi connectivity index (χ3n) is 5.72. The van der Waals surface area contributed by atoms with Gasteiger partial charge in [0.15, 0.2) is 5.96 Å². The fourth-order valence-corrected chi connectivity index (χ4v) is 3.95. The number of nitrogens with zero attached hydrogens (tertiary/aromatic N) is 3. The lowest BCUT2D eigenvalue weighted by Gasteiger charge is -2.23. The van der Waals surface area contributed by atoms with Crippen LogP contribution in [0.5, 0.6) is 0 Å². The summed E-state index contributed by atoms with van der Waals surface area (Å²) >= 11 is 0. The van der Waals surface area contributed by atoms with E-state index in [0.29, 0.717) is 19.5 Å². The molecular weight excluding hydrogens is 386 g/mol.